The first-order valence-corrected chi connectivity index (χ1v) is 10.7. The third-order valence-electron chi connectivity index (χ3n) is 4.15. The lowest BCUT2D eigenvalue weighted by Crippen LogP contribution is -2.19. The molecule has 9 heteroatoms. The van der Waals surface area contributed by atoms with Gasteiger partial charge in [0.15, 0.2) is 22.5 Å². The Labute approximate surface area is 185 Å². The molecule has 1 heterocycles. The molecule has 0 bridgehead atoms. The summed E-state index contributed by atoms with van der Waals surface area (Å²) in [4.78, 5) is 12.1. The highest BCUT2D eigenvalue weighted by molar-refractivity contribution is 7.99. The van der Waals surface area contributed by atoms with Gasteiger partial charge < -0.3 is 14.0 Å². The maximum atomic E-state index is 12.1. The highest BCUT2D eigenvalue weighted by Crippen LogP contribution is 2.28. The molecule has 0 aliphatic carbocycles. The Morgan fingerprint density at radius 3 is 2.68 bits per heavy atom. The molecule has 3 aromatic rings. The van der Waals surface area contributed by atoms with E-state index in [1.807, 2.05) is 67.9 Å². The smallest absolute Gasteiger partial charge is 0.250 e. The molecule has 31 heavy (non-hydrogen) atoms. The molecule has 0 aliphatic rings. The molecule has 1 amide bonds. The van der Waals surface area contributed by atoms with Crippen LogP contribution in [0.4, 0.5) is 0 Å². The lowest BCUT2D eigenvalue weighted by Gasteiger charge is -2.13. The van der Waals surface area contributed by atoms with Gasteiger partial charge in [0, 0.05) is 12.6 Å². The fourth-order valence-electron chi connectivity index (χ4n) is 2.74. The number of methoxy groups -OCH3 is 1. The third-order valence-corrected chi connectivity index (χ3v) is 5.17. The summed E-state index contributed by atoms with van der Waals surface area (Å²) in [5.41, 5.74) is 4.27. The molecular formula is C22H25N5O3S. The van der Waals surface area contributed by atoms with Crippen LogP contribution in [0.15, 0.2) is 58.8 Å². The Bertz CT molecular complexity index is 1050. The zero-order valence-electron chi connectivity index (χ0n) is 17.9. The minimum absolute atomic E-state index is 0.0443. The van der Waals surface area contributed by atoms with Gasteiger partial charge in [0.1, 0.15) is 0 Å². The lowest BCUT2D eigenvalue weighted by atomic mass is 10.2. The van der Waals surface area contributed by atoms with E-state index in [1.165, 1.54) is 11.8 Å². The van der Waals surface area contributed by atoms with Gasteiger partial charge in [0.25, 0.3) is 5.91 Å². The van der Waals surface area contributed by atoms with Crippen molar-refractivity contribution >= 4 is 23.9 Å². The second-order valence-corrected chi connectivity index (χ2v) is 7.83. The number of nitrogens with zero attached hydrogens (tertiary/aromatic N) is 4. The summed E-state index contributed by atoms with van der Waals surface area (Å²) >= 11 is 1.30. The van der Waals surface area contributed by atoms with Crippen LogP contribution in [0.1, 0.15) is 19.4 Å². The lowest BCUT2D eigenvalue weighted by molar-refractivity contribution is -0.118. The van der Waals surface area contributed by atoms with Crippen molar-refractivity contribution in [3.63, 3.8) is 0 Å². The van der Waals surface area contributed by atoms with Crippen LogP contribution in [0.25, 0.3) is 11.4 Å². The summed E-state index contributed by atoms with van der Waals surface area (Å²) < 4.78 is 12.9. The van der Waals surface area contributed by atoms with Gasteiger partial charge in [0.2, 0.25) is 0 Å². The normalized spacial score (nSPS) is 11.1. The van der Waals surface area contributed by atoms with Crippen LogP contribution >= 0.6 is 11.8 Å². The zero-order valence-corrected chi connectivity index (χ0v) is 18.7. The maximum absolute atomic E-state index is 12.1. The Morgan fingerprint density at radius 1 is 1.19 bits per heavy atom. The average Bonchev–Trinajstić information content (AvgIpc) is 3.13. The number of carbonyl (C=O) groups excluding carboxylic acids is 1. The Morgan fingerprint density at radius 2 is 1.97 bits per heavy atom. The van der Waals surface area contributed by atoms with Crippen LogP contribution in [0.3, 0.4) is 0 Å². The highest BCUT2D eigenvalue weighted by atomic mass is 32.2. The summed E-state index contributed by atoms with van der Waals surface area (Å²) in [5.74, 6) is 1.95. The van der Waals surface area contributed by atoms with Gasteiger partial charge >= 0.3 is 0 Å². The quantitative estimate of drug-likeness (QED) is 0.312. The summed E-state index contributed by atoms with van der Waals surface area (Å²) in [6.07, 6.45) is 1.60. The summed E-state index contributed by atoms with van der Waals surface area (Å²) in [7, 11) is 3.46. The summed E-state index contributed by atoms with van der Waals surface area (Å²) in [6.45, 7) is 3.90. The zero-order chi connectivity index (χ0) is 22.2. The summed E-state index contributed by atoms with van der Waals surface area (Å²) in [5, 5.41) is 13.1. The minimum atomic E-state index is -0.239. The van der Waals surface area contributed by atoms with Crippen LogP contribution in [-0.2, 0) is 11.8 Å². The van der Waals surface area contributed by atoms with Crippen LogP contribution in [-0.4, -0.2) is 45.9 Å². The topological polar surface area (TPSA) is 90.6 Å². The molecule has 162 valence electrons. The number of amides is 1. The van der Waals surface area contributed by atoms with E-state index in [2.05, 4.69) is 20.7 Å². The first-order chi connectivity index (χ1) is 15.0. The largest absolute Gasteiger partial charge is 0.493 e. The van der Waals surface area contributed by atoms with Crippen molar-refractivity contribution in [2.45, 2.75) is 25.1 Å². The van der Waals surface area contributed by atoms with Crippen molar-refractivity contribution in [1.29, 1.82) is 0 Å². The van der Waals surface area contributed by atoms with E-state index in [-0.39, 0.29) is 17.8 Å². The first-order valence-electron chi connectivity index (χ1n) is 9.72. The van der Waals surface area contributed by atoms with Crippen LogP contribution in [0.2, 0.25) is 0 Å². The van der Waals surface area contributed by atoms with E-state index in [1.54, 1.807) is 19.4 Å². The average molecular weight is 440 g/mol. The number of benzene rings is 2. The molecule has 0 saturated carbocycles. The monoisotopic (exact) mass is 439 g/mol. The number of aromatic nitrogens is 3. The SMILES string of the molecule is COc1cc(C=NNC(=O)CSc2nnc(-c3ccccc3)n2C)ccc1OC(C)C. The van der Waals surface area contributed by atoms with Gasteiger partial charge in [-0.2, -0.15) is 5.10 Å². The molecule has 1 N–H and O–H groups in total. The van der Waals surface area contributed by atoms with Gasteiger partial charge in [-0.3, -0.25) is 4.79 Å². The van der Waals surface area contributed by atoms with Crippen LogP contribution in [0.5, 0.6) is 11.5 Å². The van der Waals surface area contributed by atoms with Gasteiger partial charge in [-0.1, -0.05) is 42.1 Å². The standard InChI is InChI=1S/C22H25N5O3S/c1-15(2)30-18-11-10-16(12-19(18)29-4)13-23-24-20(28)14-31-22-26-25-21(27(22)3)17-8-6-5-7-9-17/h5-13,15H,14H2,1-4H3,(H,24,28). The van der Waals surface area contributed by atoms with E-state index in [4.69, 9.17) is 9.47 Å². The molecule has 0 radical (unpaired) electrons. The van der Waals surface area contributed by atoms with E-state index in [9.17, 15) is 4.79 Å². The van der Waals surface area contributed by atoms with Crippen molar-refractivity contribution in [2.24, 2.45) is 12.1 Å². The van der Waals surface area contributed by atoms with Crippen molar-refractivity contribution in [3.8, 4) is 22.9 Å². The molecular weight excluding hydrogens is 414 g/mol. The Hall–Kier alpha value is -3.33. The molecule has 2 aromatic carbocycles. The van der Waals surface area contributed by atoms with E-state index in [0.29, 0.717) is 16.7 Å². The van der Waals surface area contributed by atoms with Gasteiger partial charge in [-0.25, -0.2) is 5.43 Å². The fraction of sp³-hybridized carbons (Fsp3) is 0.273. The molecule has 0 saturated heterocycles. The number of hydrogen-bond donors (Lipinski definition) is 1. The van der Waals surface area contributed by atoms with Crippen molar-refractivity contribution in [1.82, 2.24) is 20.2 Å². The number of carbonyl (C=O) groups is 1. The summed E-state index contributed by atoms with van der Waals surface area (Å²) in [6, 6.07) is 15.2. The van der Waals surface area contributed by atoms with Gasteiger partial charge in [-0.05, 0) is 37.6 Å². The predicted octanol–water partition coefficient (Wildman–Crippen LogP) is 3.52. The number of thioether (sulfide) groups is 1. The second kappa shape index (κ2) is 10.6. The third kappa shape index (κ3) is 6.08. The van der Waals surface area contributed by atoms with E-state index >= 15 is 0 Å². The predicted molar refractivity (Wildman–Crippen MR) is 122 cm³/mol. The molecule has 0 fully saturated rings. The maximum Gasteiger partial charge on any atom is 0.250 e. The number of ether oxygens (including phenoxy) is 2. The van der Waals surface area contributed by atoms with Crippen molar-refractivity contribution in [3.05, 3.63) is 54.1 Å². The molecule has 8 nitrogen and oxygen atoms in total. The molecule has 0 spiro atoms. The van der Waals surface area contributed by atoms with Crippen molar-refractivity contribution < 1.29 is 14.3 Å². The minimum Gasteiger partial charge on any atom is -0.493 e. The van der Waals surface area contributed by atoms with Crippen LogP contribution in [0, 0.1) is 0 Å². The van der Waals surface area contributed by atoms with Gasteiger partial charge in [0.05, 0.1) is 25.2 Å². The number of nitrogens with one attached hydrogen (secondary N) is 1. The van der Waals surface area contributed by atoms with E-state index in [0.717, 1.165) is 17.0 Å². The number of hydrogen-bond acceptors (Lipinski definition) is 7. The first kappa shape index (κ1) is 22.4. The van der Waals surface area contributed by atoms with E-state index < -0.39 is 0 Å². The molecule has 0 atom stereocenters. The number of hydrazone groups is 1. The Balaban J connectivity index is 1.54. The molecule has 1 aromatic heterocycles. The number of rotatable bonds is 9. The van der Waals surface area contributed by atoms with Gasteiger partial charge in [-0.15, -0.1) is 10.2 Å². The fourth-order valence-corrected chi connectivity index (χ4v) is 3.44. The molecule has 0 unspecified atom stereocenters. The Kier molecular flexibility index (Phi) is 7.66. The highest BCUT2D eigenvalue weighted by Gasteiger charge is 2.12. The molecule has 3 rings (SSSR count). The van der Waals surface area contributed by atoms with Crippen LogP contribution < -0.4 is 14.9 Å². The second-order valence-electron chi connectivity index (χ2n) is 6.89. The molecule has 0 aliphatic heterocycles. The van der Waals surface area contributed by atoms with Crippen molar-refractivity contribution in [2.75, 3.05) is 12.9 Å².